The Kier molecular flexibility index (Phi) is 6.27. The number of carbonyl (C=O) groups excluding carboxylic acids is 2. The van der Waals surface area contributed by atoms with Crippen LogP contribution in [0.4, 0.5) is 10.5 Å². The van der Waals surface area contributed by atoms with Gasteiger partial charge in [-0.3, -0.25) is 9.78 Å². The van der Waals surface area contributed by atoms with Crippen LogP contribution in [0.25, 0.3) is 0 Å². The van der Waals surface area contributed by atoms with E-state index in [0.29, 0.717) is 11.4 Å². The van der Waals surface area contributed by atoms with Crippen molar-refractivity contribution in [2.24, 2.45) is 5.73 Å². The standard InChI is InChI=1S/C17H20N4O3/c1-21(17(23)24-12-13-5-3-2-4-6-13)11-16(22)20-14-7-8-19-15(9-14)10-18/h2-9H,10-12,18H2,1H3,(H,19,20,22). The number of pyridine rings is 1. The van der Waals surface area contributed by atoms with E-state index in [1.807, 2.05) is 30.3 Å². The lowest BCUT2D eigenvalue weighted by atomic mass is 10.2. The average Bonchev–Trinajstić information content (AvgIpc) is 2.60. The molecule has 0 saturated carbocycles. The van der Waals surface area contributed by atoms with E-state index in [2.05, 4.69) is 10.3 Å². The number of hydrogen-bond acceptors (Lipinski definition) is 5. The van der Waals surface area contributed by atoms with Crippen LogP contribution in [0.5, 0.6) is 0 Å². The fourth-order valence-corrected chi connectivity index (χ4v) is 1.98. The molecule has 0 spiro atoms. The summed E-state index contributed by atoms with van der Waals surface area (Å²) in [5.41, 5.74) is 7.65. The molecule has 7 nitrogen and oxygen atoms in total. The third-order valence-corrected chi connectivity index (χ3v) is 3.21. The predicted molar refractivity (Wildman–Crippen MR) is 90.0 cm³/mol. The summed E-state index contributed by atoms with van der Waals surface area (Å²) in [4.78, 5) is 29.1. The van der Waals surface area contributed by atoms with E-state index in [1.165, 1.54) is 11.9 Å². The summed E-state index contributed by atoms with van der Waals surface area (Å²) in [6.07, 6.45) is 1.00. The van der Waals surface area contributed by atoms with Crippen LogP contribution in [0.15, 0.2) is 48.7 Å². The van der Waals surface area contributed by atoms with Crippen molar-refractivity contribution >= 4 is 17.7 Å². The number of nitrogens with one attached hydrogen (secondary N) is 1. The first-order valence-electron chi connectivity index (χ1n) is 7.45. The van der Waals surface area contributed by atoms with E-state index in [9.17, 15) is 9.59 Å². The Labute approximate surface area is 140 Å². The molecule has 0 aliphatic carbocycles. The van der Waals surface area contributed by atoms with Crippen LogP contribution in [-0.4, -0.2) is 35.5 Å². The van der Waals surface area contributed by atoms with E-state index in [1.54, 1.807) is 18.3 Å². The van der Waals surface area contributed by atoms with Gasteiger partial charge in [-0.25, -0.2) is 4.79 Å². The number of carbonyl (C=O) groups is 2. The van der Waals surface area contributed by atoms with Crippen LogP contribution >= 0.6 is 0 Å². The lowest BCUT2D eigenvalue weighted by Gasteiger charge is -2.16. The maximum atomic E-state index is 12.0. The van der Waals surface area contributed by atoms with Gasteiger partial charge in [0.05, 0.1) is 5.69 Å². The van der Waals surface area contributed by atoms with Gasteiger partial charge < -0.3 is 20.7 Å². The van der Waals surface area contributed by atoms with E-state index in [0.717, 1.165) is 5.56 Å². The highest BCUT2D eigenvalue weighted by Crippen LogP contribution is 2.08. The van der Waals surface area contributed by atoms with Gasteiger partial charge in [0, 0.05) is 25.5 Å². The van der Waals surface area contributed by atoms with Crippen molar-refractivity contribution in [1.82, 2.24) is 9.88 Å². The van der Waals surface area contributed by atoms with Crippen molar-refractivity contribution in [2.75, 3.05) is 18.9 Å². The first kappa shape index (κ1) is 17.4. The number of ether oxygens (including phenoxy) is 1. The topological polar surface area (TPSA) is 97.5 Å². The van der Waals surface area contributed by atoms with Crippen LogP contribution in [0, 0.1) is 0 Å². The summed E-state index contributed by atoms with van der Waals surface area (Å²) >= 11 is 0. The molecule has 0 atom stereocenters. The summed E-state index contributed by atoms with van der Waals surface area (Å²) in [6.45, 7) is 0.333. The van der Waals surface area contributed by atoms with E-state index in [4.69, 9.17) is 10.5 Å². The lowest BCUT2D eigenvalue weighted by Crippen LogP contribution is -2.35. The Morgan fingerprint density at radius 1 is 1.25 bits per heavy atom. The van der Waals surface area contributed by atoms with Gasteiger partial charge in [-0.15, -0.1) is 0 Å². The molecule has 0 radical (unpaired) electrons. The number of benzene rings is 1. The molecular formula is C17H20N4O3. The van der Waals surface area contributed by atoms with Crippen LogP contribution in [-0.2, 0) is 22.7 Å². The van der Waals surface area contributed by atoms with Gasteiger partial charge in [0.2, 0.25) is 5.91 Å². The molecule has 0 aliphatic rings. The van der Waals surface area contributed by atoms with Gasteiger partial charge in [-0.1, -0.05) is 30.3 Å². The summed E-state index contributed by atoms with van der Waals surface area (Å²) in [5.74, 6) is -0.330. The average molecular weight is 328 g/mol. The first-order chi connectivity index (χ1) is 11.6. The SMILES string of the molecule is CN(CC(=O)Nc1ccnc(CN)c1)C(=O)OCc1ccccc1. The molecule has 2 amide bonds. The number of anilines is 1. The fraction of sp³-hybridized carbons (Fsp3) is 0.235. The van der Waals surface area contributed by atoms with Crippen LogP contribution in [0.3, 0.4) is 0 Å². The second-order valence-corrected chi connectivity index (χ2v) is 5.18. The van der Waals surface area contributed by atoms with Crippen molar-refractivity contribution in [2.45, 2.75) is 13.2 Å². The normalized spacial score (nSPS) is 10.1. The molecule has 0 bridgehead atoms. The Balaban J connectivity index is 1.80. The number of likely N-dealkylation sites (N-methyl/N-ethyl adjacent to an activating group) is 1. The molecule has 1 aromatic heterocycles. The van der Waals surface area contributed by atoms with Gasteiger partial charge in [0.1, 0.15) is 13.2 Å². The predicted octanol–water partition coefficient (Wildman–Crippen LogP) is 1.75. The van der Waals surface area contributed by atoms with Crippen LogP contribution in [0.1, 0.15) is 11.3 Å². The van der Waals surface area contributed by atoms with Crippen molar-refractivity contribution < 1.29 is 14.3 Å². The molecule has 24 heavy (non-hydrogen) atoms. The molecule has 0 fully saturated rings. The van der Waals surface area contributed by atoms with Gasteiger partial charge in [0.25, 0.3) is 0 Å². The zero-order chi connectivity index (χ0) is 17.4. The van der Waals surface area contributed by atoms with Gasteiger partial charge >= 0.3 is 6.09 Å². The molecular weight excluding hydrogens is 308 g/mol. The molecule has 0 aliphatic heterocycles. The number of rotatable bonds is 6. The maximum absolute atomic E-state index is 12.0. The highest BCUT2D eigenvalue weighted by atomic mass is 16.6. The Hall–Kier alpha value is -2.93. The van der Waals surface area contributed by atoms with E-state index < -0.39 is 6.09 Å². The number of nitrogens with zero attached hydrogens (tertiary/aromatic N) is 2. The number of nitrogens with two attached hydrogens (primary N) is 1. The third-order valence-electron chi connectivity index (χ3n) is 3.21. The molecule has 126 valence electrons. The van der Waals surface area contributed by atoms with Gasteiger partial charge in [-0.2, -0.15) is 0 Å². The molecule has 0 unspecified atom stereocenters. The van der Waals surface area contributed by atoms with E-state index >= 15 is 0 Å². The van der Waals surface area contributed by atoms with Crippen molar-refractivity contribution in [3.8, 4) is 0 Å². The molecule has 2 rings (SSSR count). The molecule has 1 aromatic carbocycles. The number of hydrogen-bond donors (Lipinski definition) is 2. The minimum Gasteiger partial charge on any atom is -0.445 e. The number of aromatic nitrogens is 1. The highest BCUT2D eigenvalue weighted by molar-refractivity contribution is 5.93. The Morgan fingerprint density at radius 3 is 2.71 bits per heavy atom. The zero-order valence-electron chi connectivity index (χ0n) is 13.4. The minimum absolute atomic E-state index is 0.117. The third kappa shape index (κ3) is 5.36. The summed E-state index contributed by atoms with van der Waals surface area (Å²) in [7, 11) is 1.50. The largest absolute Gasteiger partial charge is 0.445 e. The molecule has 0 saturated heterocycles. The minimum atomic E-state index is -0.564. The quantitative estimate of drug-likeness (QED) is 0.842. The monoisotopic (exact) mass is 328 g/mol. The van der Waals surface area contributed by atoms with Crippen molar-refractivity contribution in [3.05, 3.63) is 59.9 Å². The zero-order valence-corrected chi connectivity index (χ0v) is 13.4. The van der Waals surface area contributed by atoms with Crippen molar-refractivity contribution in [3.63, 3.8) is 0 Å². The summed E-state index contributed by atoms with van der Waals surface area (Å²) in [5, 5.41) is 2.69. The Morgan fingerprint density at radius 2 is 2.00 bits per heavy atom. The second-order valence-electron chi connectivity index (χ2n) is 5.18. The fourth-order valence-electron chi connectivity index (χ4n) is 1.98. The molecule has 2 aromatic rings. The first-order valence-corrected chi connectivity index (χ1v) is 7.45. The molecule has 7 heteroatoms. The molecule has 1 heterocycles. The van der Waals surface area contributed by atoms with Crippen LogP contribution in [0.2, 0.25) is 0 Å². The Bertz CT molecular complexity index is 691. The van der Waals surface area contributed by atoms with E-state index in [-0.39, 0.29) is 25.6 Å². The van der Waals surface area contributed by atoms with Crippen LogP contribution < -0.4 is 11.1 Å². The molecule has 3 N–H and O–H groups in total. The highest BCUT2D eigenvalue weighted by Gasteiger charge is 2.14. The van der Waals surface area contributed by atoms with Gasteiger partial charge in [0.15, 0.2) is 0 Å². The number of amides is 2. The summed E-state index contributed by atoms with van der Waals surface area (Å²) in [6, 6.07) is 12.7. The second kappa shape index (κ2) is 8.64. The smallest absolute Gasteiger partial charge is 0.410 e. The summed E-state index contributed by atoms with van der Waals surface area (Å²) < 4.78 is 5.16. The van der Waals surface area contributed by atoms with Crippen molar-refractivity contribution in [1.29, 1.82) is 0 Å². The lowest BCUT2D eigenvalue weighted by molar-refractivity contribution is -0.116. The maximum Gasteiger partial charge on any atom is 0.410 e. The van der Waals surface area contributed by atoms with Gasteiger partial charge in [-0.05, 0) is 17.7 Å².